The molecule has 6 nitrogen and oxygen atoms in total. The topological polar surface area (TPSA) is 67.9 Å². The molecule has 0 radical (unpaired) electrons. The highest BCUT2D eigenvalue weighted by molar-refractivity contribution is 5.98. The Morgan fingerprint density at radius 3 is 2.67 bits per heavy atom. The summed E-state index contributed by atoms with van der Waals surface area (Å²) in [6.07, 6.45) is 3.52. The van der Waals surface area contributed by atoms with Crippen molar-refractivity contribution in [3.8, 4) is 11.5 Å². The van der Waals surface area contributed by atoms with Gasteiger partial charge in [0.15, 0.2) is 11.5 Å². The summed E-state index contributed by atoms with van der Waals surface area (Å²) >= 11 is 0. The van der Waals surface area contributed by atoms with Crippen LogP contribution in [0.4, 0.5) is 5.69 Å². The molecule has 1 atom stereocenters. The van der Waals surface area contributed by atoms with E-state index >= 15 is 0 Å². The second-order valence-electron chi connectivity index (χ2n) is 6.49. The Morgan fingerprint density at radius 1 is 1.07 bits per heavy atom. The maximum atomic E-state index is 12.4. The molecule has 2 aliphatic heterocycles. The summed E-state index contributed by atoms with van der Waals surface area (Å²) in [5, 5.41) is 2.90. The lowest BCUT2D eigenvalue weighted by Gasteiger charge is -2.22. The molecule has 0 aromatic heterocycles. The van der Waals surface area contributed by atoms with Crippen molar-refractivity contribution < 1.29 is 19.1 Å². The predicted octanol–water partition coefficient (Wildman–Crippen LogP) is 2.39. The number of nitrogens with zero attached hydrogens (tertiary/aromatic N) is 1. The minimum absolute atomic E-state index is 0.0241. The summed E-state index contributed by atoms with van der Waals surface area (Å²) in [5.41, 5.74) is 1.70. The maximum absolute atomic E-state index is 12.4. The van der Waals surface area contributed by atoms with Crippen molar-refractivity contribution in [1.29, 1.82) is 0 Å². The monoisotopic (exact) mass is 364 g/mol. The molecular weight excluding hydrogens is 344 g/mol. The zero-order chi connectivity index (χ0) is 18.6. The van der Waals surface area contributed by atoms with Gasteiger partial charge in [-0.15, -0.1) is 0 Å². The van der Waals surface area contributed by atoms with E-state index in [0.29, 0.717) is 31.3 Å². The lowest BCUT2D eigenvalue weighted by molar-refractivity contribution is -0.117. The van der Waals surface area contributed by atoms with Gasteiger partial charge in [0.25, 0.3) is 0 Å². The van der Waals surface area contributed by atoms with Gasteiger partial charge >= 0.3 is 0 Å². The van der Waals surface area contributed by atoms with Crippen molar-refractivity contribution in [2.24, 2.45) is 0 Å². The first-order chi connectivity index (χ1) is 13.2. The lowest BCUT2D eigenvalue weighted by Crippen LogP contribution is -2.36. The number of fused-ring (bicyclic) bond motifs is 1. The van der Waals surface area contributed by atoms with Gasteiger partial charge in [-0.2, -0.15) is 0 Å². The van der Waals surface area contributed by atoms with Crippen molar-refractivity contribution in [3.05, 3.63) is 60.2 Å². The smallest absolute Gasteiger partial charge is 0.244 e. The average Bonchev–Trinajstić information content (AvgIpc) is 3.07. The zero-order valence-corrected chi connectivity index (χ0v) is 14.8. The molecule has 0 saturated carbocycles. The van der Waals surface area contributed by atoms with Crippen LogP contribution in [0.1, 0.15) is 12.0 Å². The van der Waals surface area contributed by atoms with E-state index in [1.54, 1.807) is 11.0 Å². The van der Waals surface area contributed by atoms with Crippen molar-refractivity contribution in [2.45, 2.75) is 12.5 Å². The molecule has 4 rings (SSSR count). The van der Waals surface area contributed by atoms with E-state index in [1.165, 1.54) is 6.08 Å². The molecule has 2 aromatic carbocycles. The van der Waals surface area contributed by atoms with Crippen LogP contribution in [0.15, 0.2) is 54.6 Å². The van der Waals surface area contributed by atoms with Gasteiger partial charge < -0.3 is 19.7 Å². The van der Waals surface area contributed by atoms with Gasteiger partial charge in [-0.1, -0.05) is 30.3 Å². The van der Waals surface area contributed by atoms with Crippen LogP contribution in [0.3, 0.4) is 0 Å². The first-order valence-corrected chi connectivity index (χ1v) is 8.93. The van der Waals surface area contributed by atoms with E-state index in [0.717, 1.165) is 11.3 Å². The van der Waals surface area contributed by atoms with Crippen molar-refractivity contribution in [1.82, 2.24) is 5.32 Å². The lowest BCUT2D eigenvalue weighted by atomic mass is 10.2. The standard InChI is InChI=1S/C21H20N2O4/c24-20(9-6-15-4-2-1-3-5-15)22-16-12-21(25)23(14-16)17-7-8-18-19(13-17)27-11-10-26-18/h1-9,13,16H,10-12,14H2,(H,22,24)/b9-6-/t16-/m0/s1. The molecule has 1 fully saturated rings. The molecular formula is C21H20N2O4. The Morgan fingerprint density at radius 2 is 1.85 bits per heavy atom. The Labute approximate surface area is 157 Å². The van der Waals surface area contributed by atoms with Crippen LogP contribution in [-0.4, -0.2) is 37.6 Å². The Balaban J connectivity index is 1.39. The molecule has 2 aliphatic rings. The van der Waals surface area contributed by atoms with Crippen LogP contribution in [-0.2, 0) is 9.59 Å². The van der Waals surface area contributed by atoms with E-state index in [1.807, 2.05) is 48.5 Å². The molecule has 0 aliphatic carbocycles. The molecule has 2 aromatic rings. The second kappa shape index (κ2) is 7.53. The molecule has 6 heteroatoms. The quantitative estimate of drug-likeness (QED) is 0.846. The number of amides is 2. The Kier molecular flexibility index (Phi) is 4.78. The van der Waals surface area contributed by atoms with Gasteiger partial charge in [0, 0.05) is 30.8 Å². The summed E-state index contributed by atoms with van der Waals surface area (Å²) in [4.78, 5) is 26.2. The minimum atomic E-state index is -0.223. The molecule has 2 amide bonds. The van der Waals surface area contributed by atoms with Crippen LogP contribution < -0.4 is 19.7 Å². The average molecular weight is 364 g/mol. The fourth-order valence-corrected chi connectivity index (χ4v) is 3.24. The summed E-state index contributed by atoms with van der Waals surface area (Å²) in [6, 6.07) is 14.8. The van der Waals surface area contributed by atoms with Crippen LogP contribution in [0, 0.1) is 0 Å². The number of benzene rings is 2. The predicted molar refractivity (Wildman–Crippen MR) is 102 cm³/mol. The molecule has 0 bridgehead atoms. The highest BCUT2D eigenvalue weighted by atomic mass is 16.6. The Hall–Kier alpha value is -3.28. The molecule has 1 N–H and O–H groups in total. The van der Waals surface area contributed by atoms with Crippen molar-refractivity contribution in [2.75, 3.05) is 24.7 Å². The van der Waals surface area contributed by atoms with Crippen LogP contribution in [0.5, 0.6) is 11.5 Å². The highest BCUT2D eigenvalue weighted by Gasteiger charge is 2.32. The minimum Gasteiger partial charge on any atom is -0.486 e. The number of anilines is 1. The van der Waals surface area contributed by atoms with E-state index < -0.39 is 0 Å². The third kappa shape index (κ3) is 3.95. The van der Waals surface area contributed by atoms with E-state index in [4.69, 9.17) is 9.47 Å². The fourth-order valence-electron chi connectivity index (χ4n) is 3.24. The van der Waals surface area contributed by atoms with Gasteiger partial charge in [0.2, 0.25) is 11.8 Å². The van der Waals surface area contributed by atoms with E-state index in [9.17, 15) is 9.59 Å². The second-order valence-corrected chi connectivity index (χ2v) is 6.49. The van der Waals surface area contributed by atoms with Crippen LogP contribution in [0.2, 0.25) is 0 Å². The summed E-state index contributed by atoms with van der Waals surface area (Å²) in [7, 11) is 0. The zero-order valence-electron chi connectivity index (χ0n) is 14.8. The van der Waals surface area contributed by atoms with Crippen molar-refractivity contribution >= 4 is 23.6 Å². The Bertz CT molecular complexity index is 879. The van der Waals surface area contributed by atoms with E-state index in [-0.39, 0.29) is 24.3 Å². The highest BCUT2D eigenvalue weighted by Crippen LogP contribution is 2.35. The first-order valence-electron chi connectivity index (χ1n) is 8.93. The molecule has 27 heavy (non-hydrogen) atoms. The number of carbonyl (C=O) groups is 2. The van der Waals surface area contributed by atoms with Crippen LogP contribution >= 0.6 is 0 Å². The summed E-state index contributed by atoms with van der Waals surface area (Å²) in [6.45, 7) is 1.46. The van der Waals surface area contributed by atoms with E-state index in [2.05, 4.69) is 5.32 Å². The SMILES string of the molecule is O=C(/C=C\c1ccccc1)N[C@H]1CC(=O)N(c2ccc3c(c2)OCCO3)C1. The molecule has 0 unspecified atom stereocenters. The number of hydrogen-bond acceptors (Lipinski definition) is 4. The third-order valence-corrected chi connectivity index (χ3v) is 4.54. The van der Waals surface area contributed by atoms with Crippen molar-refractivity contribution in [3.63, 3.8) is 0 Å². The number of ether oxygens (including phenoxy) is 2. The summed E-state index contributed by atoms with van der Waals surface area (Å²) in [5.74, 6) is 1.10. The number of nitrogens with one attached hydrogen (secondary N) is 1. The van der Waals surface area contributed by atoms with Crippen LogP contribution in [0.25, 0.3) is 6.08 Å². The fraction of sp³-hybridized carbons (Fsp3) is 0.238. The maximum Gasteiger partial charge on any atom is 0.244 e. The molecule has 0 spiro atoms. The van der Waals surface area contributed by atoms with Gasteiger partial charge in [-0.3, -0.25) is 9.59 Å². The summed E-state index contributed by atoms with van der Waals surface area (Å²) < 4.78 is 11.1. The molecule has 2 heterocycles. The molecule has 138 valence electrons. The third-order valence-electron chi connectivity index (χ3n) is 4.54. The number of hydrogen-bond donors (Lipinski definition) is 1. The first kappa shape index (κ1) is 17.1. The normalized spacial score (nSPS) is 18.7. The molecule has 1 saturated heterocycles. The van der Waals surface area contributed by atoms with Gasteiger partial charge in [0.1, 0.15) is 13.2 Å². The number of carbonyl (C=O) groups excluding carboxylic acids is 2. The largest absolute Gasteiger partial charge is 0.486 e. The van der Waals surface area contributed by atoms with Gasteiger partial charge in [-0.05, 0) is 23.8 Å². The van der Waals surface area contributed by atoms with Gasteiger partial charge in [-0.25, -0.2) is 0 Å². The van der Waals surface area contributed by atoms with Gasteiger partial charge in [0.05, 0.1) is 6.04 Å². The number of rotatable bonds is 4.